The van der Waals surface area contributed by atoms with Crippen molar-refractivity contribution in [2.24, 2.45) is 5.41 Å². The second-order valence-electron chi connectivity index (χ2n) is 8.14. The summed E-state index contributed by atoms with van der Waals surface area (Å²) in [6.45, 7) is 5.31. The van der Waals surface area contributed by atoms with Gasteiger partial charge in [-0.25, -0.2) is 0 Å². The Morgan fingerprint density at radius 3 is 2.93 bits per heavy atom. The van der Waals surface area contributed by atoms with Gasteiger partial charge in [-0.05, 0) is 31.7 Å². The lowest BCUT2D eigenvalue weighted by molar-refractivity contribution is -0.139. The average Bonchev–Trinajstić information content (AvgIpc) is 3.12. The molecule has 0 unspecified atom stereocenters. The zero-order valence-electron chi connectivity index (χ0n) is 16.1. The quantitative estimate of drug-likeness (QED) is 0.817. The lowest BCUT2D eigenvalue weighted by Gasteiger charge is -2.48. The number of carbonyl (C=O) groups excluding carboxylic acids is 2. The number of hydrogen-bond donors (Lipinski definition) is 0. The molecule has 5 nitrogen and oxygen atoms in total. The van der Waals surface area contributed by atoms with Crippen LogP contribution in [0, 0.1) is 5.41 Å². The van der Waals surface area contributed by atoms with Gasteiger partial charge in [0.2, 0.25) is 5.91 Å². The molecule has 2 aliphatic rings. The van der Waals surface area contributed by atoms with Gasteiger partial charge in [-0.15, -0.1) is 0 Å². The standard InChI is InChI=1S/C22H28N2O3/c1-2-3-12-23-15-22(11-9-20(23)25)10-6-13-24(16-22)21(26)18-14-27-19-8-5-4-7-17(18)19/h4-5,7-8,14H,2-3,6,9-13,15-16H2,1H3/t22-/m1/s1. The number of hydrogen-bond acceptors (Lipinski definition) is 3. The Bertz CT molecular complexity index is 843. The average molecular weight is 368 g/mol. The zero-order chi connectivity index (χ0) is 18.9. The molecule has 27 heavy (non-hydrogen) atoms. The highest BCUT2D eigenvalue weighted by Gasteiger charge is 2.42. The smallest absolute Gasteiger partial charge is 0.257 e. The van der Waals surface area contributed by atoms with Crippen LogP contribution in [0.1, 0.15) is 55.8 Å². The Morgan fingerprint density at radius 1 is 1.22 bits per heavy atom. The summed E-state index contributed by atoms with van der Waals surface area (Å²) in [5, 5.41) is 0.880. The van der Waals surface area contributed by atoms with Crippen molar-refractivity contribution in [3.8, 4) is 0 Å². The van der Waals surface area contributed by atoms with Crippen LogP contribution in [0.15, 0.2) is 34.9 Å². The van der Waals surface area contributed by atoms with Crippen LogP contribution in [0.5, 0.6) is 0 Å². The molecule has 2 aromatic rings. The fraction of sp³-hybridized carbons (Fsp3) is 0.545. The van der Waals surface area contributed by atoms with Crippen LogP contribution in [0.4, 0.5) is 0 Å². The van der Waals surface area contributed by atoms with Crippen molar-refractivity contribution in [2.45, 2.75) is 45.4 Å². The molecule has 1 aromatic carbocycles. The van der Waals surface area contributed by atoms with Gasteiger partial charge in [-0.2, -0.15) is 0 Å². The first-order valence-electron chi connectivity index (χ1n) is 10.2. The first kappa shape index (κ1) is 18.1. The van der Waals surface area contributed by atoms with Gasteiger partial charge in [0.25, 0.3) is 5.91 Å². The van der Waals surface area contributed by atoms with Gasteiger partial charge in [0.05, 0.1) is 5.56 Å². The summed E-state index contributed by atoms with van der Waals surface area (Å²) >= 11 is 0. The molecule has 0 radical (unpaired) electrons. The Hall–Kier alpha value is -2.30. The van der Waals surface area contributed by atoms with Crippen LogP contribution in [0.3, 0.4) is 0 Å². The van der Waals surface area contributed by atoms with Crippen LogP contribution in [-0.4, -0.2) is 47.8 Å². The molecule has 5 heteroatoms. The predicted molar refractivity (Wildman–Crippen MR) is 105 cm³/mol. The Labute approximate surface area is 160 Å². The second kappa shape index (κ2) is 7.37. The first-order chi connectivity index (χ1) is 13.1. The molecule has 1 aromatic heterocycles. The number of likely N-dealkylation sites (tertiary alicyclic amines) is 2. The minimum Gasteiger partial charge on any atom is -0.463 e. The number of unbranched alkanes of at least 4 members (excludes halogenated alkanes) is 1. The maximum atomic E-state index is 13.2. The van der Waals surface area contributed by atoms with E-state index in [1.807, 2.05) is 34.1 Å². The van der Waals surface area contributed by atoms with Crippen molar-refractivity contribution in [1.82, 2.24) is 9.80 Å². The number of carbonyl (C=O) groups is 2. The molecule has 2 saturated heterocycles. The van der Waals surface area contributed by atoms with Crippen molar-refractivity contribution >= 4 is 22.8 Å². The molecular weight excluding hydrogens is 340 g/mol. The fourth-order valence-electron chi connectivity index (χ4n) is 4.68. The third-order valence-electron chi connectivity index (χ3n) is 6.19. The SMILES string of the molecule is CCCCN1C[C@@]2(CCCN(C(=O)c3coc4ccccc34)C2)CCC1=O. The summed E-state index contributed by atoms with van der Waals surface area (Å²) in [5.41, 5.74) is 1.45. The van der Waals surface area contributed by atoms with E-state index in [9.17, 15) is 9.59 Å². The van der Waals surface area contributed by atoms with E-state index < -0.39 is 0 Å². The number of piperidine rings is 2. The van der Waals surface area contributed by atoms with Gasteiger partial charge < -0.3 is 14.2 Å². The molecule has 0 saturated carbocycles. The summed E-state index contributed by atoms with van der Waals surface area (Å²) in [5.74, 6) is 0.328. The largest absolute Gasteiger partial charge is 0.463 e. The van der Waals surface area contributed by atoms with Gasteiger partial charge in [0.15, 0.2) is 0 Å². The summed E-state index contributed by atoms with van der Waals surface area (Å²) in [6.07, 6.45) is 7.33. The number of nitrogens with zero attached hydrogens (tertiary/aromatic N) is 2. The summed E-state index contributed by atoms with van der Waals surface area (Å²) < 4.78 is 5.57. The molecule has 2 amide bonds. The minimum absolute atomic E-state index is 0.0507. The van der Waals surface area contributed by atoms with E-state index >= 15 is 0 Å². The van der Waals surface area contributed by atoms with E-state index in [1.54, 1.807) is 6.26 Å². The minimum atomic E-state index is 0.0507. The topological polar surface area (TPSA) is 53.8 Å². The number of furan rings is 1. The molecule has 4 rings (SSSR count). The molecule has 2 aliphatic heterocycles. The molecule has 0 aliphatic carbocycles. The molecule has 0 bridgehead atoms. The van der Waals surface area contributed by atoms with Gasteiger partial charge in [-0.3, -0.25) is 9.59 Å². The molecule has 1 atom stereocenters. The molecule has 144 valence electrons. The predicted octanol–water partition coefficient (Wildman–Crippen LogP) is 4.08. The molecule has 1 spiro atoms. The molecule has 3 heterocycles. The first-order valence-corrected chi connectivity index (χ1v) is 10.2. The van der Waals surface area contributed by atoms with Crippen LogP contribution in [0.2, 0.25) is 0 Å². The lowest BCUT2D eigenvalue weighted by Crippen LogP contribution is -2.55. The van der Waals surface area contributed by atoms with Crippen molar-refractivity contribution in [3.05, 3.63) is 36.1 Å². The fourth-order valence-corrected chi connectivity index (χ4v) is 4.68. The van der Waals surface area contributed by atoms with Gasteiger partial charge >= 0.3 is 0 Å². The van der Waals surface area contributed by atoms with Gasteiger partial charge in [0, 0.05) is 43.4 Å². The van der Waals surface area contributed by atoms with E-state index in [1.165, 1.54) is 0 Å². The van der Waals surface area contributed by atoms with E-state index in [2.05, 4.69) is 6.92 Å². The highest BCUT2D eigenvalue weighted by atomic mass is 16.3. The second-order valence-corrected chi connectivity index (χ2v) is 8.14. The maximum Gasteiger partial charge on any atom is 0.257 e. The highest BCUT2D eigenvalue weighted by molar-refractivity contribution is 6.05. The zero-order valence-corrected chi connectivity index (χ0v) is 16.1. The monoisotopic (exact) mass is 368 g/mol. The summed E-state index contributed by atoms with van der Waals surface area (Å²) in [6, 6.07) is 7.68. The molecule has 0 N–H and O–H groups in total. The number of rotatable bonds is 4. The van der Waals surface area contributed by atoms with Crippen LogP contribution in [0.25, 0.3) is 11.0 Å². The van der Waals surface area contributed by atoms with E-state index in [4.69, 9.17) is 4.42 Å². The third-order valence-corrected chi connectivity index (χ3v) is 6.19. The van der Waals surface area contributed by atoms with E-state index in [0.717, 1.165) is 69.3 Å². The Balaban J connectivity index is 1.52. The number of fused-ring (bicyclic) bond motifs is 1. The van der Waals surface area contributed by atoms with Gasteiger partial charge in [-0.1, -0.05) is 31.5 Å². The van der Waals surface area contributed by atoms with Gasteiger partial charge in [0.1, 0.15) is 11.8 Å². The van der Waals surface area contributed by atoms with Crippen LogP contribution in [-0.2, 0) is 4.79 Å². The summed E-state index contributed by atoms with van der Waals surface area (Å²) in [7, 11) is 0. The van der Waals surface area contributed by atoms with Crippen molar-refractivity contribution in [1.29, 1.82) is 0 Å². The third kappa shape index (κ3) is 3.47. The van der Waals surface area contributed by atoms with E-state index in [0.29, 0.717) is 12.0 Å². The van der Waals surface area contributed by atoms with Crippen molar-refractivity contribution < 1.29 is 14.0 Å². The number of amides is 2. The summed E-state index contributed by atoms with van der Waals surface area (Å²) in [4.78, 5) is 29.5. The number of benzene rings is 1. The molecule has 2 fully saturated rings. The lowest BCUT2D eigenvalue weighted by atomic mass is 9.73. The maximum absolute atomic E-state index is 13.2. The van der Waals surface area contributed by atoms with Crippen LogP contribution < -0.4 is 0 Å². The normalized spacial score (nSPS) is 23.4. The number of para-hydroxylation sites is 1. The van der Waals surface area contributed by atoms with Crippen LogP contribution >= 0.6 is 0 Å². The highest BCUT2D eigenvalue weighted by Crippen LogP contribution is 2.39. The van der Waals surface area contributed by atoms with Crippen molar-refractivity contribution in [3.63, 3.8) is 0 Å². The van der Waals surface area contributed by atoms with Crippen molar-refractivity contribution in [2.75, 3.05) is 26.2 Å². The Kier molecular flexibility index (Phi) is 4.94. The molecular formula is C22H28N2O3. The Morgan fingerprint density at radius 2 is 2.07 bits per heavy atom. The van der Waals surface area contributed by atoms with E-state index in [-0.39, 0.29) is 17.2 Å².